The van der Waals surface area contributed by atoms with Crippen molar-refractivity contribution in [3.05, 3.63) is 29.8 Å². The Balaban J connectivity index is 1.68. The first-order chi connectivity index (χ1) is 10.1. The average Bonchev–Trinajstić information content (AvgIpc) is 2.97. The van der Waals surface area contributed by atoms with E-state index < -0.39 is 6.61 Å². The maximum Gasteiger partial charge on any atom is 0.387 e. The molecule has 21 heavy (non-hydrogen) atoms. The zero-order valence-electron chi connectivity index (χ0n) is 12.5. The van der Waals surface area contributed by atoms with Crippen LogP contribution < -0.4 is 10.1 Å². The van der Waals surface area contributed by atoms with Crippen molar-refractivity contribution in [2.45, 2.75) is 38.8 Å². The van der Waals surface area contributed by atoms with Crippen LogP contribution in [0.4, 0.5) is 8.78 Å². The number of rotatable bonds is 8. The smallest absolute Gasteiger partial charge is 0.387 e. The second-order valence-corrected chi connectivity index (χ2v) is 5.53. The van der Waals surface area contributed by atoms with Gasteiger partial charge in [-0.2, -0.15) is 8.78 Å². The molecule has 1 atom stereocenters. The maximum absolute atomic E-state index is 12.1. The summed E-state index contributed by atoms with van der Waals surface area (Å²) < 4.78 is 28.5. The van der Waals surface area contributed by atoms with Crippen LogP contribution in [-0.2, 0) is 0 Å². The van der Waals surface area contributed by atoms with Crippen LogP contribution >= 0.6 is 0 Å². The fraction of sp³-hybridized carbons (Fsp3) is 0.625. The summed E-state index contributed by atoms with van der Waals surface area (Å²) in [7, 11) is 0. The number of alkyl halides is 2. The number of benzene rings is 1. The van der Waals surface area contributed by atoms with Gasteiger partial charge in [-0.05, 0) is 70.1 Å². The van der Waals surface area contributed by atoms with Gasteiger partial charge in [-0.25, -0.2) is 0 Å². The molecule has 1 aromatic carbocycles. The van der Waals surface area contributed by atoms with E-state index >= 15 is 0 Å². The third-order valence-electron chi connectivity index (χ3n) is 3.91. The lowest BCUT2D eigenvalue weighted by atomic mass is 10.1. The zero-order chi connectivity index (χ0) is 15.1. The highest BCUT2D eigenvalue weighted by Gasteiger charge is 2.11. The van der Waals surface area contributed by atoms with Crippen molar-refractivity contribution in [3.8, 4) is 5.75 Å². The molecule has 3 nitrogen and oxygen atoms in total. The number of nitrogens with one attached hydrogen (secondary N) is 1. The van der Waals surface area contributed by atoms with Crippen molar-refractivity contribution in [3.63, 3.8) is 0 Å². The third-order valence-corrected chi connectivity index (χ3v) is 3.91. The monoisotopic (exact) mass is 298 g/mol. The summed E-state index contributed by atoms with van der Waals surface area (Å²) in [6, 6.07) is 7.05. The predicted molar refractivity (Wildman–Crippen MR) is 79.8 cm³/mol. The molecular formula is C16H24F2N2O. The Labute approximate surface area is 125 Å². The van der Waals surface area contributed by atoms with Gasteiger partial charge in [0.25, 0.3) is 0 Å². The molecule has 0 aromatic heterocycles. The minimum atomic E-state index is -2.77. The molecule has 0 amide bonds. The molecule has 1 fully saturated rings. The Kier molecular flexibility index (Phi) is 6.39. The van der Waals surface area contributed by atoms with Crippen LogP contribution in [0.15, 0.2) is 24.3 Å². The number of hydrogen-bond acceptors (Lipinski definition) is 3. The van der Waals surface area contributed by atoms with E-state index in [1.54, 1.807) is 12.1 Å². The number of likely N-dealkylation sites (tertiary alicyclic amines) is 1. The second kappa shape index (κ2) is 8.29. The Morgan fingerprint density at radius 3 is 2.48 bits per heavy atom. The van der Waals surface area contributed by atoms with Crippen LogP contribution in [0.1, 0.15) is 37.8 Å². The van der Waals surface area contributed by atoms with Gasteiger partial charge in [0.15, 0.2) is 0 Å². The van der Waals surface area contributed by atoms with E-state index in [0.717, 1.165) is 25.1 Å². The summed E-state index contributed by atoms with van der Waals surface area (Å²) in [4.78, 5) is 2.50. The Morgan fingerprint density at radius 2 is 1.86 bits per heavy atom. The van der Waals surface area contributed by atoms with Crippen molar-refractivity contribution in [2.24, 2.45) is 0 Å². The molecule has 1 aliphatic heterocycles. The summed E-state index contributed by atoms with van der Waals surface area (Å²) in [5.41, 5.74) is 1.08. The fourth-order valence-electron chi connectivity index (χ4n) is 2.68. The van der Waals surface area contributed by atoms with E-state index in [0.29, 0.717) is 0 Å². The standard InChI is InChI=1S/C16H24F2N2O/c1-13(19-9-4-12-20-10-2-3-11-20)14-5-7-15(8-6-14)21-16(17)18/h5-8,13,16,19H,2-4,9-12H2,1H3. The van der Waals surface area contributed by atoms with E-state index in [1.807, 2.05) is 12.1 Å². The zero-order valence-corrected chi connectivity index (χ0v) is 12.5. The molecule has 0 bridgehead atoms. The molecule has 1 aromatic rings. The molecular weight excluding hydrogens is 274 g/mol. The summed E-state index contributed by atoms with van der Waals surface area (Å²) in [5.74, 6) is 0.204. The van der Waals surface area contributed by atoms with Crippen LogP contribution in [0.25, 0.3) is 0 Å². The molecule has 0 radical (unpaired) electrons. The number of halogens is 2. The SMILES string of the molecule is CC(NCCCN1CCCC1)c1ccc(OC(F)F)cc1. The molecule has 1 N–H and O–H groups in total. The topological polar surface area (TPSA) is 24.5 Å². The molecule has 0 spiro atoms. The number of hydrogen-bond donors (Lipinski definition) is 1. The van der Waals surface area contributed by atoms with Crippen LogP contribution in [-0.4, -0.2) is 37.7 Å². The van der Waals surface area contributed by atoms with E-state index in [2.05, 4.69) is 21.9 Å². The summed E-state index contributed by atoms with van der Waals surface area (Å²) in [6.07, 6.45) is 3.80. The summed E-state index contributed by atoms with van der Waals surface area (Å²) >= 11 is 0. The molecule has 0 saturated carbocycles. The largest absolute Gasteiger partial charge is 0.435 e. The van der Waals surface area contributed by atoms with Gasteiger partial charge >= 0.3 is 6.61 Å². The van der Waals surface area contributed by atoms with Crippen molar-refractivity contribution < 1.29 is 13.5 Å². The molecule has 5 heteroatoms. The van der Waals surface area contributed by atoms with Crippen LogP contribution in [0, 0.1) is 0 Å². The van der Waals surface area contributed by atoms with E-state index in [4.69, 9.17) is 0 Å². The lowest BCUT2D eigenvalue weighted by molar-refractivity contribution is -0.0498. The Bertz CT molecular complexity index is 405. The first-order valence-electron chi connectivity index (χ1n) is 7.65. The number of nitrogens with zero attached hydrogens (tertiary/aromatic N) is 1. The highest BCUT2D eigenvalue weighted by Crippen LogP contribution is 2.19. The quantitative estimate of drug-likeness (QED) is 0.744. The normalized spacial score (nSPS) is 17.3. The molecule has 1 unspecified atom stereocenters. The summed E-state index contributed by atoms with van der Waals surface area (Å²) in [6.45, 7) is 3.91. The van der Waals surface area contributed by atoms with Crippen LogP contribution in [0.3, 0.4) is 0 Å². The van der Waals surface area contributed by atoms with Gasteiger partial charge < -0.3 is 15.0 Å². The van der Waals surface area contributed by atoms with E-state index in [9.17, 15) is 8.78 Å². The predicted octanol–water partition coefficient (Wildman–Crippen LogP) is 3.42. The van der Waals surface area contributed by atoms with E-state index in [1.165, 1.54) is 25.9 Å². The third kappa shape index (κ3) is 5.59. The highest BCUT2D eigenvalue weighted by atomic mass is 19.3. The van der Waals surface area contributed by atoms with Gasteiger partial charge in [0.2, 0.25) is 0 Å². The minimum absolute atomic E-state index is 0.204. The van der Waals surface area contributed by atoms with Gasteiger partial charge in [0, 0.05) is 6.04 Å². The first kappa shape index (κ1) is 16.2. The van der Waals surface area contributed by atoms with Crippen molar-refractivity contribution in [1.82, 2.24) is 10.2 Å². The summed E-state index contributed by atoms with van der Waals surface area (Å²) in [5, 5.41) is 3.47. The number of ether oxygens (including phenoxy) is 1. The minimum Gasteiger partial charge on any atom is -0.435 e. The van der Waals surface area contributed by atoms with Gasteiger partial charge in [-0.3, -0.25) is 0 Å². The Hall–Kier alpha value is -1.20. The molecule has 2 rings (SSSR count). The van der Waals surface area contributed by atoms with Crippen LogP contribution in [0.5, 0.6) is 5.75 Å². The molecule has 1 heterocycles. The van der Waals surface area contributed by atoms with Crippen molar-refractivity contribution in [1.29, 1.82) is 0 Å². The van der Waals surface area contributed by atoms with Gasteiger partial charge in [0.05, 0.1) is 0 Å². The average molecular weight is 298 g/mol. The first-order valence-corrected chi connectivity index (χ1v) is 7.65. The molecule has 118 valence electrons. The van der Waals surface area contributed by atoms with Gasteiger partial charge in [-0.15, -0.1) is 0 Å². The van der Waals surface area contributed by atoms with E-state index in [-0.39, 0.29) is 11.8 Å². The molecule has 0 aliphatic carbocycles. The molecule has 1 saturated heterocycles. The second-order valence-electron chi connectivity index (χ2n) is 5.53. The maximum atomic E-state index is 12.1. The fourth-order valence-corrected chi connectivity index (χ4v) is 2.68. The highest BCUT2D eigenvalue weighted by molar-refractivity contribution is 5.28. The van der Waals surface area contributed by atoms with Gasteiger partial charge in [-0.1, -0.05) is 12.1 Å². The van der Waals surface area contributed by atoms with Crippen LogP contribution in [0.2, 0.25) is 0 Å². The van der Waals surface area contributed by atoms with Gasteiger partial charge in [0.1, 0.15) is 5.75 Å². The van der Waals surface area contributed by atoms with Crippen molar-refractivity contribution in [2.75, 3.05) is 26.2 Å². The van der Waals surface area contributed by atoms with Crippen molar-refractivity contribution >= 4 is 0 Å². The lowest BCUT2D eigenvalue weighted by Gasteiger charge is -2.17. The lowest BCUT2D eigenvalue weighted by Crippen LogP contribution is -2.26. The molecule has 1 aliphatic rings. The Morgan fingerprint density at radius 1 is 1.19 bits per heavy atom.